The Balaban J connectivity index is 1.66. The Morgan fingerprint density at radius 3 is 2.50 bits per heavy atom. The Labute approximate surface area is 221 Å². The number of nitriles is 1. The number of hydrazone groups is 1. The van der Waals surface area contributed by atoms with Crippen LogP contribution in [0.4, 0.5) is 4.39 Å². The lowest BCUT2D eigenvalue weighted by atomic mass is 10.0. The minimum atomic E-state index is -0.926. The van der Waals surface area contributed by atoms with E-state index in [1.165, 1.54) is 24.4 Å². The number of amides is 2. The van der Waals surface area contributed by atoms with Crippen molar-refractivity contribution in [2.24, 2.45) is 11.0 Å². The van der Waals surface area contributed by atoms with Gasteiger partial charge in [-0.25, -0.2) is 9.82 Å². The highest BCUT2D eigenvalue weighted by atomic mass is 19.1. The number of nitrogens with zero attached hydrogens (tertiary/aromatic N) is 2. The van der Waals surface area contributed by atoms with Crippen LogP contribution in [0.5, 0.6) is 11.5 Å². The van der Waals surface area contributed by atoms with E-state index in [0.717, 1.165) is 5.56 Å². The molecule has 1 atom stereocenters. The van der Waals surface area contributed by atoms with Gasteiger partial charge < -0.3 is 14.8 Å². The number of hydrogen-bond donors (Lipinski definition) is 2. The molecule has 0 bridgehead atoms. The minimum Gasteiger partial charge on any atom is -0.490 e. The molecule has 2 N–H and O–H groups in total. The van der Waals surface area contributed by atoms with Crippen molar-refractivity contribution in [3.05, 3.63) is 94.8 Å². The zero-order chi connectivity index (χ0) is 27.5. The van der Waals surface area contributed by atoms with Crippen LogP contribution in [-0.4, -0.2) is 30.7 Å². The quantitative estimate of drug-likeness (QED) is 0.286. The zero-order valence-corrected chi connectivity index (χ0v) is 21.4. The second kappa shape index (κ2) is 13.6. The Kier molecular flexibility index (Phi) is 9.94. The van der Waals surface area contributed by atoms with Crippen molar-refractivity contribution in [1.29, 1.82) is 5.26 Å². The molecule has 0 fully saturated rings. The van der Waals surface area contributed by atoms with Crippen molar-refractivity contribution in [3.63, 3.8) is 0 Å². The van der Waals surface area contributed by atoms with E-state index in [4.69, 9.17) is 9.47 Å². The average Bonchev–Trinajstić information content (AvgIpc) is 2.91. The summed E-state index contributed by atoms with van der Waals surface area (Å²) in [5.41, 5.74) is 4.21. The smallest absolute Gasteiger partial charge is 0.262 e. The first-order chi connectivity index (χ1) is 18.3. The van der Waals surface area contributed by atoms with Gasteiger partial charge in [-0.05, 0) is 54.8 Å². The number of halogens is 1. The summed E-state index contributed by atoms with van der Waals surface area (Å²) >= 11 is 0. The molecule has 38 heavy (non-hydrogen) atoms. The third-order valence-corrected chi connectivity index (χ3v) is 5.53. The van der Waals surface area contributed by atoms with Crippen LogP contribution >= 0.6 is 0 Å². The van der Waals surface area contributed by atoms with E-state index in [1.54, 1.807) is 50.2 Å². The molecule has 8 nitrogen and oxygen atoms in total. The maximum Gasteiger partial charge on any atom is 0.262 e. The summed E-state index contributed by atoms with van der Waals surface area (Å²) in [7, 11) is 0. The van der Waals surface area contributed by atoms with Crippen LogP contribution in [0, 0.1) is 23.1 Å². The molecule has 3 rings (SSSR count). The predicted molar refractivity (Wildman–Crippen MR) is 141 cm³/mol. The molecule has 9 heteroatoms. The molecule has 0 radical (unpaired) electrons. The van der Waals surface area contributed by atoms with Gasteiger partial charge in [-0.1, -0.05) is 44.2 Å². The molecule has 2 amide bonds. The lowest BCUT2D eigenvalue weighted by Crippen LogP contribution is -2.48. The van der Waals surface area contributed by atoms with Gasteiger partial charge in [0.15, 0.2) is 11.5 Å². The highest BCUT2D eigenvalue weighted by molar-refractivity contribution is 5.98. The molecule has 0 aliphatic carbocycles. The van der Waals surface area contributed by atoms with Gasteiger partial charge in [0.2, 0.25) is 0 Å². The van der Waals surface area contributed by atoms with Crippen LogP contribution in [0.2, 0.25) is 0 Å². The maximum absolute atomic E-state index is 14.0. The molecule has 1 unspecified atom stereocenters. The summed E-state index contributed by atoms with van der Waals surface area (Å²) in [4.78, 5) is 25.2. The van der Waals surface area contributed by atoms with Crippen LogP contribution in [0.1, 0.15) is 47.8 Å². The van der Waals surface area contributed by atoms with Gasteiger partial charge in [0.25, 0.3) is 11.8 Å². The van der Waals surface area contributed by atoms with Gasteiger partial charge in [-0.3, -0.25) is 9.59 Å². The van der Waals surface area contributed by atoms with Crippen molar-refractivity contribution >= 4 is 18.0 Å². The number of hydrogen-bond acceptors (Lipinski definition) is 6. The second-order valence-electron chi connectivity index (χ2n) is 8.61. The third-order valence-electron chi connectivity index (χ3n) is 5.53. The molecule has 0 saturated carbocycles. The van der Waals surface area contributed by atoms with Gasteiger partial charge >= 0.3 is 0 Å². The van der Waals surface area contributed by atoms with E-state index in [1.807, 2.05) is 19.1 Å². The van der Waals surface area contributed by atoms with Gasteiger partial charge in [-0.15, -0.1) is 0 Å². The van der Waals surface area contributed by atoms with Gasteiger partial charge in [0, 0.05) is 5.56 Å². The number of ether oxygens (including phenoxy) is 2. The van der Waals surface area contributed by atoms with Crippen LogP contribution in [0.25, 0.3) is 0 Å². The monoisotopic (exact) mass is 516 g/mol. The fourth-order valence-electron chi connectivity index (χ4n) is 3.54. The van der Waals surface area contributed by atoms with Crippen LogP contribution < -0.4 is 20.2 Å². The molecule has 0 aliphatic heterocycles. The predicted octanol–water partition coefficient (Wildman–Crippen LogP) is 4.58. The van der Waals surface area contributed by atoms with E-state index < -0.39 is 23.7 Å². The van der Waals surface area contributed by atoms with Crippen molar-refractivity contribution in [1.82, 2.24) is 10.7 Å². The van der Waals surface area contributed by atoms with E-state index in [-0.39, 0.29) is 18.1 Å². The standard InChI is InChI=1S/C29H29FN4O4/c1-4-37-26-15-20(13-14-25(26)38-18-22-10-6-5-9-21(22)16-31)17-32-34-29(36)27(19(2)3)33-28(35)23-11-7-8-12-24(23)30/h5-15,17,19,27H,4,18H2,1-3H3,(H,33,35)(H,34,36)/b32-17+. The van der Waals surface area contributed by atoms with Gasteiger partial charge in [-0.2, -0.15) is 10.4 Å². The van der Waals surface area contributed by atoms with Crippen LogP contribution in [0.15, 0.2) is 71.8 Å². The highest BCUT2D eigenvalue weighted by Crippen LogP contribution is 2.29. The minimum absolute atomic E-state index is 0.142. The van der Waals surface area contributed by atoms with Crippen molar-refractivity contribution in [2.75, 3.05) is 6.61 Å². The Hall–Kier alpha value is -4.71. The van der Waals surface area contributed by atoms with Crippen molar-refractivity contribution in [2.45, 2.75) is 33.4 Å². The highest BCUT2D eigenvalue weighted by Gasteiger charge is 2.25. The Bertz CT molecular complexity index is 1350. The summed E-state index contributed by atoms with van der Waals surface area (Å²) in [5.74, 6) is -1.19. The molecular formula is C29H29FN4O4. The Morgan fingerprint density at radius 1 is 1.05 bits per heavy atom. The van der Waals surface area contributed by atoms with Gasteiger partial charge in [0.05, 0.1) is 30.0 Å². The first-order valence-electron chi connectivity index (χ1n) is 12.1. The summed E-state index contributed by atoms with van der Waals surface area (Å²) in [6.07, 6.45) is 1.44. The number of rotatable bonds is 11. The first-order valence-corrected chi connectivity index (χ1v) is 12.1. The van der Waals surface area contributed by atoms with Gasteiger partial charge in [0.1, 0.15) is 18.5 Å². The number of nitrogens with one attached hydrogen (secondary N) is 2. The molecular weight excluding hydrogens is 487 g/mol. The molecule has 0 aromatic heterocycles. The summed E-state index contributed by atoms with van der Waals surface area (Å²) < 4.78 is 25.5. The van der Waals surface area contributed by atoms with Crippen molar-refractivity contribution < 1.29 is 23.5 Å². The zero-order valence-electron chi connectivity index (χ0n) is 21.4. The Morgan fingerprint density at radius 2 is 1.79 bits per heavy atom. The van der Waals surface area contributed by atoms with Crippen LogP contribution in [-0.2, 0) is 11.4 Å². The molecule has 3 aromatic rings. The van der Waals surface area contributed by atoms with E-state index >= 15 is 0 Å². The number of carbonyl (C=O) groups is 2. The number of carbonyl (C=O) groups excluding carboxylic acids is 2. The summed E-state index contributed by atoms with van der Waals surface area (Å²) in [6, 6.07) is 19.1. The van der Waals surface area contributed by atoms with Crippen molar-refractivity contribution in [3.8, 4) is 17.6 Å². The third kappa shape index (κ3) is 7.40. The topological polar surface area (TPSA) is 113 Å². The lowest BCUT2D eigenvalue weighted by molar-refractivity contribution is -0.123. The SMILES string of the molecule is CCOc1cc(/C=N/NC(=O)C(NC(=O)c2ccccc2F)C(C)C)ccc1OCc1ccccc1C#N. The summed E-state index contributed by atoms with van der Waals surface area (Å²) in [6.45, 7) is 5.97. The molecule has 0 saturated heterocycles. The molecule has 196 valence electrons. The second-order valence-corrected chi connectivity index (χ2v) is 8.61. The molecule has 0 aliphatic rings. The molecule has 3 aromatic carbocycles. The number of benzene rings is 3. The molecule has 0 heterocycles. The molecule has 0 spiro atoms. The van der Waals surface area contributed by atoms with E-state index in [0.29, 0.717) is 29.2 Å². The fourth-order valence-corrected chi connectivity index (χ4v) is 3.54. The summed E-state index contributed by atoms with van der Waals surface area (Å²) in [5, 5.41) is 15.8. The largest absolute Gasteiger partial charge is 0.490 e. The maximum atomic E-state index is 14.0. The average molecular weight is 517 g/mol. The van der Waals surface area contributed by atoms with E-state index in [2.05, 4.69) is 21.9 Å². The first kappa shape index (κ1) is 27.9. The lowest BCUT2D eigenvalue weighted by Gasteiger charge is -2.20. The van der Waals surface area contributed by atoms with E-state index in [9.17, 15) is 19.2 Å². The van der Waals surface area contributed by atoms with Crippen LogP contribution in [0.3, 0.4) is 0 Å². The fraction of sp³-hybridized carbons (Fsp3) is 0.241. The normalized spacial score (nSPS) is 11.6.